The lowest BCUT2D eigenvalue weighted by molar-refractivity contribution is -0.481. The number of nitriles is 1. The van der Waals surface area contributed by atoms with Crippen molar-refractivity contribution < 1.29 is 9.41 Å². The molecule has 1 fully saturated rings. The van der Waals surface area contributed by atoms with Crippen LogP contribution in [0.1, 0.15) is 19.3 Å². The fraction of sp³-hybridized carbons (Fsp3) is 0.636. The van der Waals surface area contributed by atoms with Crippen molar-refractivity contribution in [2.45, 2.75) is 19.3 Å². The van der Waals surface area contributed by atoms with E-state index in [1.165, 1.54) is 6.42 Å². The molecule has 1 saturated heterocycles. The predicted molar refractivity (Wildman–Crippen MR) is 63.3 cm³/mol. The molecule has 0 aromatic carbocycles. The first-order valence-electron chi connectivity index (χ1n) is 5.51. The summed E-state index contributed by atoms with van der Waals surface area (Å²) in [5.74, 6) is -0.290. The van der Waals surface area contributed by atoms with Crippen molar-refractivity contribution in [2.75, 3.05) is 27.2 Å². The normalized spacial score (nSPS) is 15.8. The third kappa shape index (κ3) is 3.76. The van der Waals surface area contributed by atoms with Gasteiger partial charge in [-0.25, -0.2) is 14.7 Å². The van der Waals surface area contributed by atoms with Crippen LogP contribution >= 0.6 is 0 Å². The Labute approximate surface area is 101 Å². The van der Waals surface area contributed by atoms with Crippen molar-refractivity contribution in [1.82, 2.24) is 4.90 Å². The second kappa shape index (κ2) is 6.49. The first-order chi connectivity index (χ1) is 8.19. The molecule has 0 unspecified atom stereocenters. The summed E-state index contributed by atoms with van der Waals surface area (Å²) in [6.45, 7) is 8.55. The van der Waals surface area contributed by atoms with Crippen LogP contribution in [0.2, 0.25) is 0 Å². The zero-order chi connectivity index (χ0) is 12.7. The molecule has 17 heavy (non-hydrogen) atoms. The van der Waals surface area contributed by atoms with Crippen LogP contribution < -0.4 is 0 Å². The lowest BCUT2D eigenvalue weighted by Gasteiger charge is -2.20. The SMILES string of the molecule is [C-]#[N+]/C(C#N)=N\OC(N1CCCCC1)=[N+](C)C. The lowest BCUT2D eigenvalue weighted by Crippen LogP contribution is -2.40. The minimum absolute atomic E-state index is 0.290. The minimum Gasteiger partial charge on any atom is -0.348 e. The highest BCUT2D eigenvalue weighted by Gasteiger charge is 2.27. The van der Waals surface area contributed by atoms with Crippen LogP contribution in [0, 0.1) is 17.9 Å². The molecular formula is C11H16N5O+. The van der Waals surface area contributed by atoms with Gasteiger partial charge in [0.25, 0.3) is 0 Å². The van der Waals surface area contributed by atoms with Gasteiger partial charge in [-0.2, -0.15) is 4.84 Å². The maximum absolute atomic E-state index is 8.58. The van der Waals surface area contributed by atoms with E-state index in [0.717, 1.165) is 25.9 Å². The average Bonchev–Trinajstić information content (AvgIpc) is 2.35. The third-order valence-corrected chi connectivity index (χ3v) is 2.43. The summed E-state index contributed by atoms with van der Waals surface area (Å²) < 4.78 is 1.80. The van der Waals surface area contributed by atoms with Crippen LogP contribution in [0.3, 0.4) is 0 Å². The topological polar surface area (TPSA) is 56.0 Å². The standard InChI is InChI=1S/C11H16N5O/c1-13-10(9-12)14-17-11(15(2)3)16-7-5-4-6-8-16/h4-8H2,2-3H3/q+1/b14-10-. The first kappa shape index (κ1) is 13.0. The quantitative estimate of drug-likeness (QED) is 0.222. The van der Waals surface area contributed by atoms with Crippen molar-refractivity contribution in [3.63, 3.8) is 0 Å². The van der Waals surface area contributed by atoms with Crippen LogP contribution in [0.15, 0.2) is 5.16 Å². The number of nitrogens with zero attached hydrogens (tertiary/aromatic N) is 5. The molecule has 0 amide bonds. The minimum atomic E-state index is -0.290. The van der Waals surface area contributed by atoms with E-state index in [9.17, 15) is 0 Å². The van der Waals surface area contributed by atoms with Crippen LogP contribution in [-0.2, 0) is 4.84 Å². The fourth-order valence-electron chi connectivity index (χ4n) is 1.66. The Bertz CT molecular complexity index is 387. The Morgan fingerprint density at radius 2 is 2.06 bits per heavy atom. The van der Waals surface area contributed by atoms with Crippen molar-refractivity contribution in [3.8, 4) is 6.07 Å². The number of hydrogen-bond acceptors (Lipinski definition) is 3. The molecule has 0 saturated carbocycles. The molecule has 6 heteroatoms. The zero-order valence-electron chi connectivity index (χ0n) is 10.2. The molecule has 0 radical (unpaired) electrons. The Morgan fingerprint density at radius 1 is 1.41 bits per heavy atom. The first-order valence-corrected chi connectivity index (χ1v) is 5.51. The summed E-state index contributed by atoms with van der Waals surface area (Å²) in [5.41, 5.74) is 0. The van der Waals surface area contributed by atoms with Gasteiger partial charge in [0, 0.05) is 0 Å². The fourth-order valence-corrected chi connectivity index (χ4v) is 1.66. The van der Waals surface area contributed by atoms with Crippen molar-refractivity contribution in [1.29, 1.82) is 5.26 Å². The second-order valence-electron chi connectivity index (χ2n) is 3.95. The molecule has 90 valence electrons. The molecule has 1 aliphatic heterocycles. The van der Waals surface area contributed by atoms with Gasteiger partial charge in [0.05, 0.1) is 32.3 Å². The van der Waals surface area contributed by atoms with Gasteiger partial charge in [-0.05, 0) is 19.3 Å². The van der Waals surface area contributed by atoms with E-state index >= 15 is 0 Å². The zero-order valence-corrected chi connectivity index (χ0v) is 10.2. The molecule has 1 rings (SSSR count). The largest absolute Gasteiger partial charge is 0.492 e. The molecule has 1 heterocycles. The smallest absolute Gasteiger partial charge is 0.348 e. The van der Waals surface area contributed by atoms with E-state index in [1.807, 2.05) is 14.1 Å². The van der Waals surface area contributed by atoms with Crippen LogP contribution in [0.5, 0.6) is 0 Å². The number of amidine groups is 2. The van der Waals surface area contributed by atoms with Gasteiger partial charge in [0.2, 0.25) is 0 Å². The Kier molecular flexibility index (Phi) is 4.96. The highest BCUT2D eigenvalue weighted by atomic mass is 16.7. The van der Waals surface area contributed by atoms with Crippen molar-refractivity contribution in [3.05, 3.63) is 11.4 Å². The molecule has 6 nitrogen and oxygen atoms in total. The third-order valence-electron chi connectivity index (χ3n) is 2.43. The Hall–Kier alpha value is -2.08. The van der Waals surface area contributed by atoms with Crippen molar-refractivity contribution >= 4 is 11.9 Å². The summed E-state index contributed by atoms with van der Waals surface area (Å²) >= 11 is 0. The number of hydrogen-bond donors (Lipinski definition) is 0. The number of oxime groups is 1. The summed E-state index contributed by atoms with van der Waals surface area (Å²) in [7, 11) is 3.70. The summed E-state index contributed by atoms with van der Waals surface area (Å²) in [5, 5.41) is 12.1. The molecule has 0 N–H and O–H groups in total. The number of likely N-dealkylation sites (tertiary alicyclic amines) is 1. The second-order valence-corrected chi connectivity index (χ2v) is 3.95. The molecule has 0 bridgehead atoms. The molecule has 0 aromatic heterocycles. The highest BCUT2D eigenvalue weighted by Crippen LogP contribution is 2.09. The lowest BCUT2D eigenvalue weighted by atomic mass is 10.1. The van der Waals surface area contributed by atoms with Crippen LogP contribution in [0.25, 0.3) is 4.85 Å². The van der Waals surface area contributed by atoms with Gasteiger partial charge in [-0.15, -0.1) is 0 Å². The van der Waals surface area contributed by atoms with Gasteiger partial charge in [0.1, 0.15) is 6.07 Å². The molecule has 0 aliphatic carbocycles. The van der Waals surface area contributed by atoms with E-state index in [4.69, 9.17) is 16.7 Å². The summed E-state index contributed by atoms with van der Waals surface area (Å²) in [6.07, 6.45) is 3.47. The highest BCUT2D eigenvalue weighted by molar-refractivity contribution is 6.03. The van der Waals surface area contributed by atoms with Gasteiger partial charge < -0.3 is 4.85 Å². The molecule has 0 spiro atoms. The summed E-state index contributed by atoms with van der Waals surface area (Å²) in [6, 6.07) is 2.25. The van der Waals surface area contributed by atoms with Gasteiger partial charge in [-0.1, -0.05) is 6.57 Å². The van der Waals surface area contributed by atoms with Crippen LogP contribution in [-0.4, -0.2) is 48.5 Å². The van der Waals surface area contributed by atoms with Gasteiger partial charge in [-0.3, -0.25) is 0 Å². The maximum Gasteiger partial charge on any atom is 0.492 e. The summed E-state index contributed by atoms with van der Waals surface area (Å²) in [4.78, 5) is 10.2. The van der Waals surface area contributed by atoms with E-state index in [-0.39, 0.29) is 5.84 Å². The van der Waals surface area contributed by atoms with E-state index in [1.54, 1.807) is 10.6 Å². The van der Waals surface area contributed by atoms with E-state index in [0.29, 0.717) is 6.02 Å². The molecule has 0 atom stereocenters. The predicted octanol–water partition coefficient (Wildman–Crippen LogP) is 0.873. The van der Waals surface area contributed by atoms with E-state index < -0.39 is 0 Å². The van der Waals surface area contributed by atoms with Gasteiger partial charge >= 0.3 is 11.9 Å². The Morgan fingerprint density at radius 3 is 2.53 bits per heavy atom. The molecular weight excluding hydrogens is 218 g/mol. The average molecular weight is 234 g/mol. The van der Waals surface area contributed by atoms with E-state index in [2.05, 4.69) is 14.9 Å². The van der Waals surface area contributed by atoms with Crippen molar-refractivity contribution in [2.24, 2.45) is 5.16 Å². The molecule has 1 aliphatic rings. The monoisotopic (exact) mass is 234 g/mol. The number of rotatable bonds is 1. The Balaban J connectivity index is 2.76. The van der Waals surface area contributed by atoms with Gasteiger partial charge in [0.15, 0.2) is 0 Å². The number of piperidine rings is 1. The maximum atomic E-state index is 8.58. The molecule has 0 aromatic rings. The van der Waals surface area contributed by atoms with Crippen LogP contribution in [0.4, 0.5) is 0 Å².